The van der Waals surface area contributed by atoms with Crippen LogP contribution < -0.4 is 5.32 Å². The molecule has 2 aromatic heterocycles. The van der Waals surface area contributed by atoms with E-state index in [1.165, 1.54) is 0 Å². The predicted octanol–water partition coefficient (Wildman–Crippen LogP) is 3.71. The summed E-state index contributed by atoms with van der Waals surface area (Å²) >= 11 is 3.30. The van der Waals surface area contributed by atoms with Crippen molar-refractivity contribution in [3.8, 4) is 16.4 Å². The average molecular weight is 472 g/mol. The molecule has 0 saturated carbocycles. The Morgan fingerprint density at radius 2 is 1.94 bits per heavy atom. The van der Waals surface area contributed by atoms with E-state index in [1.54, 1.807) is 23.1 Å². The Hall–Kier alpha value is -2.20. The lowest BCUT2D eigenvalue weighted by Crippen LogP contribution is -2.38. The summed E-state index contributed by atoms with van der Waals surface area (Å²) < 4.78 is 7.46. The van der Waals surface area contributed by atoms with Gasteiger partial charge in [-0.25, -0.2) is 0 Å². The van der Waals surface area contributed by atoms with E-state index in [9.17, 15) is 4.79 Å². The second-order valence-corrected chi connectivity index (χ2v) is 9.57. The van der Waals surface area contributed by atoms with Gasteiger partial charge in [0.1, 0.15) is 0 Å². The highest BCUT2D eigenvalue weighted by Crippen LogP contribution is 2.30. The van der Waals surface area contributed by atoms with Gasteiger partial charge in [0.05, 0.1) is 18.1 Å². The third kappa shape index (κ3) is 6.41. The van der Waals surface area contributed by atoms with Crippen molar-refractivity contribution >= 4 is 29.0 Å². The van der Waals surface area contributed by atoms with E-state index >= 15 is 0 Å². The van der Waals surface area contributed by atoms with Crippen LogP contribution in [0.1, 0.15) is 19.3 Å². The molecule has 3 heterocycles. The van der Waals surface area contributed by atoms with Gasteiger partial charge >= 0.3 is 0 Å². The molecule has 1 aliphatic heterocycles. The Kier molecular flexibility index (Phi) is 8.72. The summed E-state index contributed by atoms with van der Waals surface area (Å²) in [5.41, 5.74) is 1.04. The number of thiophene rings is 1. The number of thioether (sulfide) groups is 1. The number of morpholine rings is 1. The number of aromatic nitrogens is 3. The van der Waals surface area contributed by atoms with Crippen LogP contribution in [0.15, 0.2) is 53.0 Å². The molecule has 0 radical (unpaired) electrons. The van der Waals surface area contributed by atoms with Crippen molar-refractivity contribution in [2.75, 3.05) is 45.1 Å². The molecule has 32 heavy (non-hydrogen) atoms. The molecule has 1 N–H and O–H groups in total. The standard InChI is InChI=1S/C23H29N5O2S2/c29-21(24-11-6-12-27-13-15-30-16-14-27)10-5-18-32-23-26-25-22(20-9-4-17-31-20)28(23)19-7-2-1-3-8-19/h1-4,7-9,17H,5-6,10-16,18H2,(H,24,29). The van der Waals surface area contributed by atoms with Crippen molar-refractivity contribution in [1.29, 1.82) is 0 Å². The van der Waals surface area contributed by atoms with E-state index in [0.717, 1.165) is 79.5 Å². The topological polar surface area (TPSA) is 72.3 Å². The Morgan fingerprint density at radius 3 is 2.72 bits per heavy atom. The Morgan fingerprint density at radius 1 is 1.09 bits per heavy atom. The van der Waals surface area contributed by atoms with Crippen LogP contribution in [0, 0.1) is 0 Å². The van der Waals surface area contributed by atoms with Crippen LogP contribution in [-0.2, 0) is 9.53 Å². The fourth-order valence-corrected chi connectivity index (χ4v) is 5.17. The lowest BCUT2D eigenvalue weighted by Gasteiger charge is -2.26. The number of carbonyl (C=O) groups excluding carboxylic acids is 1. The Labute approximate surface area is 197 Å². The number of carbonyl (C=O) groups is 1. The molecule has 0 bridgehead atoms. The molecule has 1 amide bonds. The minimum absolute atomic E-state index is 0.122. The number of para-hydroxylation sites is 1. The fourth-order valence-electron chi connectivity index (χ4n) is 3.58. The Bertz CT molecular complexity index is 956. The number of rotatable bonds is 11. The third-order valence-corrected chi connectivity index (χ3v) is 7.13. The van der Waals surface area contributed by atoms with Gasteiger partial charge in [0.25, 0.3) is 0 Å². The van der Waals surface area contributed by atoms with Gasteiger partial charge in [-0.2, -0.15) is 0 Å². The summed E-state index contributed by atoms with van der Waals surface area (Å²) in [6.45, 7) is 5.37. The predicted molar refractivity (Wildman–Crippen MR) is 130 cm³/mol. The maximum atomic E-state index is 12.2. The van der Waals surface area contributed by atoms with Gasteiger partial charge in [0.15, 0.2) is 11.0 Å². The van der Waals surface area contributed by atoms with Crippen LogP contribution in [0.4, 0.5) is 0 Å². The molecule has 7 nitrogen and oxygen atoms in total. The van der Waals surface area contributed by atoms with Crippen LogP contribution in [0.5, 0.6) is 0 Å². The van der Waals surface area contributed by atoms with Gasteiger partial charge < -0.3 is 10.1 Å². The van der Waals surface area contributed by atoms with Crippen molar-refractivity contribution in [3.63, 3.8) is 0 Å². The zero-order chi connectivity index (χ0) is 22.0. The SMILES string of the molecule is O=C(CCCSc1nnc(-c2cccs2)n1-c1ccccc1)NCCCN1CCOCC1. The van der Waals surface area contributed by atoms with E-state index in [4.69, 9.17) is 4.74 Å². The first-order valence-corrected chi connectivity index (χ1v) is 12.9. The molecular weight excluding hydrogens is 442 g/mol. The molecule has 170 valence electrons. The van der Waals surface area contributed by atoms with Crippen molar-refractivity contribution in [2.45, 2.75) is 24.4 Å². The normalized spacial score (nSPS) is 14.5. The summed E-state index contributed by atoms with van der Waals surface area (Å²) in [5, 5.41) is 14.8. The number of benzene rings is 1. The molecule has 9 heteroatoms. The summed E-state index contributed by atoms with van der Waals surface area (Å²) in [7, 11) is 0. The molecule has 1 saturated heterocycles. The first-order valence-electron chi connectivity index (χ1n) is 11.1. The van der Waals surface area contributed by atoms with E-state index in [2.05, 4.69) is 43.2 Å². The molecule has 0 aliphatic carbocycles. The summed E-state index contributed by atoms with van der Waals surface area (Å²) in [6.07, 6.45) is 2.31. The zero-order valence-corrected chi connectivity index (χ0v) is 19.7. The number of amides is 1. The van der Waals surface area contributed by atoms with Crippen LogP contribution in [0.25, 0.3) is 16.4 Å². The van der Waals surface area contributed by atoms with E-state index < -0.39 is 0 Å². The molecule has 0 atom stereocenters. The molecule has 1 aliphatic rings. The molecule has 0 unspecified atom stereocenters. The summed E-state index contributed by atoms with van der Waals surface area (Å²) in [4.78, 5) is 15.6. The molecule has 1 fully saturated rings. The van der Waals surface area contributed by atoms with E-state index in [1.807, 2.05) is 29.6 Å². The largest absolute Gasteiger partial charge is 0.379 e. The highest BCUT2D eigenvalue weighted by atomic mass is 32.2. The number of nitrogens with zero attached hydrogens (tertiary/aromatic N) is 4. The fraction of sp³-hybridized carbons (Fsp3) is 0.435. The summed E-state index contributed by atoms with van der Waals surface area (Å²) in [6, 6.07) is 14.3. The zero-order valence-electron chi connectivity index (χ0n) is 18.1. The quantitative estimate of drug-likeness (QED) is 0.340. The highest BCUT2D eigenvalue weighted by molar-refractivity contribution is 7.99. The number of ether oxygens (including phenoxy) is 1. The second kappa shape index (κ2) is 12.2. The molecular formula is C23H29N5O2S2. The van der Waals surface area contributed by atoms with Crippen LogP contribution in [0.3, 0.4) is 0 Å². The average Bonchev–Trinajstić information content (AvgIpc) is 3.51. The number of nitrogens with one attached hydrogen (secondary N) is 1. The van der Waals surface area contributed by atoms with Crippen LogP contribution in [-0.4, -0.2) is 70.7 Å². The van der Waals surface area contributed by atoms with Gasteiger partial charge in [-0.3, -0.25) is 14.3 Å². The van der Waals surface area contributed by atoms with Crippen molar-refractivity contribution < 1.29 is 9.53 Å². The minimum atomic E-state index is 0.122. The van der Waals surface area contributed by atoms with Gasteiger partial charge in [0.2, 0.25) is 5.91 Å². The first-order chi connectivity index (χ1) is 15.8. The smallest absolute Gasteiger partial charge is 0.220 e. The maximum Gasteiger partial charge on any atom is 0.220 e. The minimum Gasteiger partial charge on any atom is -0.379 e. The van der Waals surface area contributed by atoms with Crippen LogP contribution >= 0.6 is 23.1 Å². The van der Waals surface area contributed by atoms with Crippen molar-refractivity contribution in [1.82, 2.24) is 25.0 Å². The van der Waals surface area contributed by atoms with E-state index in [-0.39, 0.29) is 5.91 Å². The Balaban J connectivity index is 1.23. The third-order valence-electron chi connectivity index (χ3n) is 5.25. The van der Waals surface area contributed by atoms with Gasteiger partial charge in [0, 0.05) is 37.5 Å². The van der Waals surface area contributed by atoms with Crippen molar-refractivity contribution in [2.24, 2.45) is 0 Å². The van der Waals surface area contributed by atoms with Gasteiger partial charge in [-0.1, -0.05) is 36.0 Å². The van der Waals surface area contributed by atoms with Crippen LogP contribution in [0.2, 0.25) is 0 Å². The first kappa shape index (κ1) is 23.0. The molecule has 3 aromatic rings. The summed E-state index contributed by atoms with van der Waals surface area (Å²) in [5.74, 6) is 1.79. The second-order valence-electron chi connectivity index (χ2n) is 7.56. The lowest BCUT2D eigenvalue weighted by molar-refractivity contribution is -0.121. The molecule has 4 rings (SSSR count). The molecule has 1 aromatic carbocycles. The molecule has 0 spiro atoms. The monoisotopic (exact) mass is 471 g/mol. The number of hydrogen-bond acceptors (Lipinski definition) is 7. The number of hydrogen-bond donors (Lipinski definition) is 1. The van der Waals surface area contributed by atoms with E-state index in [0.29, 0.717) is 6.42 Å². The van der Waals surface area contributed by atoms with Crippen molar-refractivity contribution in [3.05, 3.63) is 47.8 Å². The van der Waals surface area contributed by atoms with Gasteiger partial charge in [-0.15, -0.1) is 21.5 Å². The lowest BCUT2D eigenvalue weighted by atomic mass is 10.3. The highest BCUT2D eigenvalue weighted by Gasteiger charge is 2.16. The van der Waals surface area contributed by atoms with Gasteiger partial charge in [-0.05, 0) is 43.0 Å². The maximum absolute atomic E-state index is 12.2.